The molecule has 2 heterocycles. The van der Waals surface area contributed by atoms with Crippen molar-refractivity contribution >= 4 is 27.4 Å². The van der Waals surface area contributed by atoms with Gasteiger partial charge in [-0.1, -0.05) is 13.8 Å². The summed E-state index contributed by atoms with van der Waals surface area (Å²) in [5.74, 6) is 2.86. The monoisotopic (exact) mass is 233 g/mol. The highest BCUT2D eigenvalue weighted by Crippen LogP contribution is 2.46. The molecule has 3 nitrogen and oxygen atoms in total. The van der Waals surface area contributed by atoms with Crippen LogP contribution in [0.3, 0.4) is 0 Å². The van der Waals surface area contributed by atoms with Gasteiger partial charge < -0.3 is 5.73 Å². The van der Waals surface area contributed by atoms with E-state index >= 15 is 0 Å². The van der Waals surface area contributed by atoms with Gasteiger partial charge in [0.1, 0.15) is 16.5 Å². The van der Waals surface area contributed by atoms with Gasteiger partial charge in [-0.15, -0.1) is 11.3 Å². The van der Waals surface area contributed by atoms with Gasteiger partial charge in [0.2, 0.25) is 0 Å². The summed E-state index contributed by atoms with van der Waals surface area (Å²) in [6.07, 6.45) is 2.24. The molecule has 2 unspecified atom stereocenters. The van der Waals surface area contributed by atoms with Crippen LogP contribution in [0.25, 0.3) is 10.2 Å². The number of fused-ring (bicyclic) bond motifs is 1. The van der Waals surface area contributed by atoms with Crippen LogP contribution in [0.15, 0.2) is 6.07 Å². The number of nitrogens with two attached hydrogens (primary N) is 1. The van der Waals surface area contributed by atoms with E-state index in [1.165, 1.54) is 11.3 Å². The molecule has 2 aromatic heterocycles. The molecular weight excluding hydrogens is 218 g/mol. The van der Waals surface area contributed by atoms with Crippen molar-refractivity contribution in [1.29, 1.82) is 0 Å². The van der Waals surface area contributed by atoms with Gasteiger partial charge in [0.05, 0.1) is 5.39 Å². The molecule has 1 aliphatic carbocycles. The van der Waals surface area contributed by atoms with Crippen LogP contribution in [0.1, 0.15) is 36.9 Å². The largest absolute Gasteiger partial charge is 0.383 e. The average molecular weight is 233 g/mol. The smallest absolute Gasteiger partial charge is 0.135 e. The summed E-state index contributed by atoms with van der Waals surface area (Å²) in [5, 5.41) is 1.03. The Morgan fingerprint density at radius 2 is 2.25 bits per heavy atom. The summed E-state index contributed by atoms with van der Waals surface area (Å²) >= 11 is 1.74. The van der Waals surface area contributed by atoms with Crippen molar-refractivity contribution in [2.75, 3.05) is 5.73 Å². The number of hydrogen-bond donors (Lipinski definition) is 1. The Morgan fingerprint density at radius 3 is 2.88 bits per heavy atom. The Morgan fingerprint density at radius 1 is 1.50 bits per heavy atom. The second kappa shape index (κ2) is 3.42. The zero-order valence-electron chi connectivity index (χ0n) is 9.53. The lowest BCUT2D eigenvalue weighted by molar-refractivity contribution is 0.855. The molecular formula is C12H15N3S. The highest BCUT2D eigenvalue weighted by molar-refractivity contribution is 7.18. The lowest BCUT2D eigenvalue weighted by atomic mass is 10.3. The lowest BCUT2D eigenvalue weighted by Crippen LogP contribution is -1.98. The second-order valence-electron chi connectivity index (χ2n) is 4.57. The van der Waals surface area contributed by atoms with E-state index in [2.05, 4.69) is 29.9 Å². The Balaban J connectivity index is 2.13. The molecule has 2 N–H and O–H groups in total. The quantitative estimate of drug-likeness (QED) is 0.867. The van der Waals surface area contributed by atoms with Crippen LogP contribution in [-0.2, 0) is 6.42 Å². The van der Waals surface area contributed by atoms with Crippen molar-refractivity contribution in [3.63, 3.8) is 0 Å². The number of nitrogen functional groups attached to an aromatic ring is 1. The number of anilines is 1. The lowest BCUT2D eigenvalue weighted by Gasteiger charge is -2.00. The highest BCUT2D eigenvalue weighted by atomic mass is 32.1. The van der Waals surface area contributed by atoms with E-state index < -0.39 is 0 Å². The first-order valence-electron chi connectivity index (χ1n) is 5.75. The van der Waals surface area contributed by atoms with Gasteiger partial charge in [-0.3, -0.25) is 0 Å². The van der Waals surface area contributed by atoms with E-state index in [-0.39, 0.29) is 0 Å². The fourth-order valence-electron chi connectivity index (χ4n) is 2.03. The van der Waals surface area contributed by atoms with Crippen molar-refractivity contribution < 1.29 is 0 Å². The molecule has 2 aromatic rings. The molecule has 0 spiro atoms. The molecule has 3 rings (SSSR count). The van der Waals surface area contributed by atoms with Gasteiger partial charge in [0.15, 0.2) is 0 Å². The zero-order chi connectivity index (χ0) is 11.3. The number of aromatic nitrogens is 2. The molecule has 0 amide bonds. The molecule has 0 bridgehead atoms. The average Bonchev–Trinajstić information content (AvgIpc) is 2.84. The van der Waals surface area contributed by atoms with Crippen LogP contribution in [0.5, 0.6) is 0 Å². The maximum Gasteiger partial charge on any atom is 0.135 e. The fraction of sp³-hybridized carbons (Fsp3) is 0.500. The first kappa shape index (κ1) is 10.0. The van der Waals surface area contributed by atoms with Gasteiger partial charge in [0, 0.05) is 10.8 Å². The van der Waals surface area contributed by atoms with E-state index in [0.717, 1.165) is 28.4 Å². The van der Waals surface area contributed by atoms with E-state index in [9.17, 15) is 0 Å². The Bertz CT molecular complexity index is 546. The molecule has 2 atom stereocenters. The van der Waals surface area contributed by atoms with Crippen molar-refractivity contribution in [3.8, 4) is 0 Å². The molecule has 0 saturated heterocycles. The third kappa shape index (κ3) is 1.48. The number of rotatable bonds is 2. The molecule has 16 heavy (non-hydrogen) atoms. The molecule has 0 aromatic carbocycles. The predicted molar refractivity (Wildman–Crippen MR) is 67.7 cm³/mol. The van der Waals surface area contributed by atoms with Crippen molar-refractivity contribution in [3.05, 3.63) is 16.8 Å². The Kier molecular flexibility index (Phi) is 2.14. The molecule has 0 aliphatic heterocycles. The SMILES string of the molecule is CCc1cc2c(N)nc(C3CC3C)nc2s1. The topological polar surface area (TPSA) is 51.8 Å². The minimum atomic E-state index is 0.541. The summed E-state index contributed by atoms with van der Waals surface area (Å²) in [5.41, 5.74) is 5.99. The van der Waals surface area contributed by atoms with Gasteiger partial charge in [-0.2, -0.15) is 0 Å². The van der Waals surface area contributed by atoms with E-state index in [4.69, 9.17) is 5.73 Å². The van der Waals surface area contributed by atoms with E-state index in [1.54, 1.807) is 11.3 Å². The summed E-state index contributed by atoms with van der Waals surface area (Å²) < 4.78 is 0. The van der Waals surface area contributed by atoms with Crippen LogP contribution in [0.2, 0.25) is 0 Å². The number of hydrogen-bond acceptors (Lipinski definition) is 4. The Hall–Kier alpha value is -1.16. The van der Waals surface area contributed by atoms with Crippen LogP contribution in [0, 0.1) is 5.92 Å². The van der Waals surface area contributed by atoms with Crippen LogP contribution < -0.4 is 5.73 Å². The van der Waals surface area contributed by atoms with Crippen molar-refractivity contribution in [1.82, 2.24) is 9.97 Å². The third-order valence-electron chi connectivity index (χ3n) is 3.28. The summed E-state index contributed by atoms with van der Waals surface area (Å²) in [6.45, 7) is 4.39. The van der Waals surface area contributed by atoms with Crippen LogP contribution in [0.4, 0.5) is 5.82 Å². The Labute approximate surface area is 98.7 Å². The molecule has 84 valence electrons. The summed E-state index contributed by atoms with van der Waals surface area (Å²) in [7, 11) is 0. The van der Waals surface area contributed by atoms with E-state index in [0.29, 0.717) is 11.7 Å². The molecule has 1 saturated carbocycles. The molecule has 4 heteroatoms. The van der Waals surface area contributed by atoms with E-state index in [1.807, 2.05) is 0 Å². The second-order valence-corrected chi connectivity index (χ2v) is 5.69. The normalized spacial score (nSPS) is 23.9. The summed E-state index contributed by atoms with van der Waals surface area (Å²) in [6, 6.07) is 2.12. The molecule has 0 radical (unpaired) electrons. The first-order chi connectivity index (χ1) is 7.69. The molecule has 1 fully saturated rings. The third-order valence-corrected chi connectivity index (χ3v) is 4.45. The molecule has 1 aliphatic rings. The first-order valence-corrected chi connectivity index (χ1v) is 6.56. The predicted octanol–water partition coefficient (Wildman–Crippen LogP) is 2.96. The van der Waals surface area contributed by atoms with Crippen molar-refractivity contribution in [2.24, 2.45) is 5.92 Å². The minimum Gasteiger partial charge on any atom is -0.383 e. The maximum atomic E-state index is 5.99. The van der Waals surface area contributed by atoms with Gasteiger partial charge >= 0.3 is 0 Å². The van der Waals surface area contributed by atoms with Crippen LogP contribution >= 0.6 is 11.3 Å². The number of thiophene rings is 1. The standard InChI is InChI=1S/C12H15N3S/c1-3-7-5-9-10(13)14-11(8-4-6(8)2)15-12(9)16-7/h5-6,8H,3-4H2,1-2H3,(H2,13,14,15). The van der Waals surface area contributed by atoms with Crippen molar-refractivity contribution in [2.45, 2.75) is 32.6 Å². The summed E-state index contributed by atoms with van der Waals surface area (Å²) in [4.78, 5) is 11.5. The van der Waals surface area contributed by atoms with Gasteiger partial charge in [0.25, 0.3) is 0 Å². The zero-order valence-corrected chi connectivity index (χ0v) is 10.3. The van der Waals surface area contributed by atoms with Gasteiger partial charge in [-0.25, -0.2) is 9.97 Å². The van der Waals surface area contributed by atoms with Crippen LogP contribution in [-0.4, -0.2) is 9.97 Å². The van der Waals surface area contributed by atoms with Gasteiger partial charge in [-0.05, 0) is 24.8 Å². The number of nitrogens with zero attached hydrogens (tertiary/aromatic N) is 2. The highest BCUT2D eigenvalue weighted by Gasteiger charge is 2.37. The maximum absolute atomic E-state index is 5.99. The fourth-order valence-corrected chi connectivity index (χ4v) is 3.01. The minimum absolute atomic E-state index is 0.541. The number of aryl methyl sites for hydroxylation is 1.